The van der Waals surface area contributed by atoms with Crippen molar-refractivity contribution in [3.8, 4) is 5.69 Å². The number of rotatable bonds is 4. The quantitative estimate of drug-likeness (QED) is 0.853. The predicted molar refractivity (Wildman–Crippen MR) is 68.5 cm³/mol. The van der Waals surface area contributed by atoms with E-state index < -0.39 is 5.97 Å². The lowest BCUT2D eigenvalue weighted by molar-refractivity contribution is 0.0601. The lowest BCUT2D eigenvalue weighted by Crippen LogP contribution is -2.03. The second-order valence-corrected chi connectivity index (χ2v) is 4.19. The van der Waals surface area contributed by atoms with Gasteiger partial charge < -0.3 is 9.84 Å². The van der Waals surface area contributed by atoms with Crippen LogP contribution in [-0.2, 0) is 11.2 Å². The average molecular weight is 282 g/mol. The molecular weight excluding hydrogens is 270 g/mol. The Bertz CT molecular complexity index is 598. The molecule has 0 unspecified atom stereocenters. The first-order valence-corrected chi connectivity index (χ1v) is 5.94. The second-order valence-electron chi connectivity index (χ2n) is 3.78. The van der Waals surface area contributed by atoms with E-state index in [-0.39, 0.29) is 11.6 Å². The molecule has 2 aromatic rings. The third kappa shape index (κ3) is 2.91. The van der Waals surface area contributed by atoms with E-state index in [2.05, 4.69) is 15.0 Å². The van der Waals surface area contributed by atoms with Crippen LogP contribution in [0.5, 0.6) is 0 Å². The molecule has 0 fully saturated rings. The molecule has 1 aromatic heterocycles. The fourth-order valence-electron chi connectivity index (χ4n) is 1.58. The summed E-state index contributed by atoms with van der Waals surface area (Å²) in [5.41, 5.74) is 1.65. The Balaban J connectivity index is 2.30. The summed E-state index contributed by atoms with van der Waals surface area (Å²) < 4.78 is 6.14. The van der Waals surface area contributed by atoms with E-state index in [1.54, 1.807) is 24.4 Å². The highest BCUT2D eigenvalue weighted by molar-refractivity contribution is 6.33. The van der Waals surface area contributed by atoms with Gasteiger partial charge in [0.2, 0.25) is 0 Å². The van der Waals surface area contributed by atoms with E-state index in [0.717, 1.165) is 0 Å². The number of halogens is 1. The van der Waals surface area contributed by atoms with Gasteiger partial charge in [-0.25, -0.2) is 9.48 Å². The Morgan fingerprint density at radius 3 is 2.95 bits per heavy atom. The minimum absolute atomic E-state index is 0.0146. The monoisotopic (exact) mass is 281 g/mol. The fourth-order valence-corrected chi connectivity index (χ4v) is 1.83. The predicted octanol–water partition coefficient (Wildman–Crippen LogP) is 1.24. The zero-order valence-electron chi connectivity index (χ0n) is 10.2. The van der Waals surface area contributed by atoms with Gasteiger partial charge in [0.25, 0.3) is 0 Å². The van der Waals surface area contributed by atoms with Crippen molar-refractivity contribution in [1.29, 1.82) is 0 Å². The molecular formula is C12H12ClN3O3. The maximum absolute atomic E-state index is 11.4. The normalized spacial score (nSPS) is 10.5. The molecule has 0 saturated heterocycles. The number of carbonyl (C=O) groups is 1. The summed E-state index contributed by atoms with van der Waals surface area (Å²) in [4.78, 5) is 11.4. The molecule has 0 spiro atoms. The third-order valence-electron chi connectivity index (χ3n) is 2.53. The van der Waals surface area contributed by atoms with Gasteiger partial charge in [-0.1, -0.05) is 16.8 Å². The molecule has 0 saturated carbocycles. The largest absolute Gasteiger partial charge is 0.465 e. The number of esters is 1. The van der Waals surface area contributed by atoms with Crippen LogP contribution >= 0.6 is 11.6 Å². The van der Waals surface area contributed by atoms with Crippen molar-refractivity contribution in [3.63, 3.8) is 0 Å². The smallest absolute Gasteiger partial charge is 0.339 e. The molecule has 0 bridgehead atoms. The first-order chi connectivity index (χ1) is 9.15. The molecule has 1 aromatic carbocycles. The molecule has 100 valence electrons. The van der Waals surface area contributed by atoms with E-state index in [0.29, 0.717) is 23.4 Å². The van der Waals surface area contributed by atoms with E-state index in [1.807, 2.05) is 0 Å². The van der Waals surface area contributed by atoms with Crippen molar-refractivity contribution in [2.45, 2.75) is 6.42 Å². The zero-order chi connectivity index (χ0) is 13.8. The zero-order valence-corrected chi connectivity index (χ0v) is 11.0. The number of ether oxygens (including phenoxy) is 1. The minimum Gasteiger partial charge on any atom is -0.465 e. The van der Waals surface area contributed by atoms with Crippen LogP contribution in [0.15, 0.2) is 24.4 Å². The van der Waals surface area contributed by atoms with Gasteiger partial charge in [0.05, 0.1) is 35.3 Å². The van der Waals surface area contributed by atoms with Crippen molar-refractivity contribution < 1.29 is 14.6 Å². The highest BCUT2D eigenvalue weighted by Crippen LogP contribution is 2.20. The maximum atomic E-state index is 11.4. The molecule has 0 aliphatic carbocycles. The summed E-state index contributed by atoms with van der Waals surface area (Å²) in [5.74, 6) is -0.490. The van der Waals surface area contributed by atoms with Crippen LogP contribution in [0.1, 0.15) is 16.1 Å². The Hall–Kier alpha value is -1.92. The molecule has 2 rings (SSSR count). The van der Waals surface area contributed by atoms with Crippen molar-refractivity contribution >= 4 is 17.6 Å². The molecule has 0 aliphatic rings. The lowest BCUT2D eigenvalue weighted by atomic mass is 10.2. The van der Waals surface area contributed by atoms with Gasteiger partial charge in [-0.15, -0.1) is 5.10 Å². The summed E-state index contributed by atoms with van der Waals surface area (Å²) in [6.45, 7) is 0.0146. The van der Waals surface area contributed by atoms with E-state index in [4.69, 9.17) is 16.7 Å². The number of carbonyl (C=O) groups excluding carboxylic acids is 1. The summed E-state index contributed by atoms with van der Waals surface area (Å²) in [7, 11) is 1.30. The number of methoxy groups -OCH3 is 1. The van der Waals surface area contributed by atoms with Crippen LogP contribution in [0.3, 0.4) is 0 Å². The molecule has 1 heterocycles. The van der Waals surface area contributed by atoms with Crippen molar-refractivity contribution in [2.75, 3.05) is 13.7 Å². The van der Waals surface area contributed by atoms with Crippen LogP contribution in [-0.4, -0.2) is 39.8 Å². The third-order valence-corrected chi connectivity index (χ3v) is 2.84. The molecule has 0 radical (unpaired) electrons. The fraction of sp³-hybridized carbons (Fsp3) is 0.250. The van der Waals surface area contributed by atoms with Gasteiger partial charge in [0.1, 0.15) is 0 Å². The Morgan fingerprint density at radius 2 is 2.32 bits per heavy atom. The Labute approximate surface area is 114 Å². The second kappa shape index (κ2) is 5.81. The van der Waals surface area contributed by atoms with Gasteiger partial charge in [-0.2, -0.15) is 0 Å². The first kappa shape index (κ1) is 13.5. The number of nitrogens with zero attached hydrogens (tertiary/aromatic N) is 3. The Morgan fingerprint density at radius 1 is 1.53 bits per heavy atom. The summed E-state index contributed by atoms with van der Waals surface area (Å²) in [6.07, 6.45) is 2.13. The highest BCUT2D eigenvalue weighted by Gasteiger charge is 2.12. The molecule has 7 heteroatoms. The van der Waals surface area contributed by atoms with E-state index in [9.17, 15) is 4.79 Å². The van der Waals surface area contributed by atoms with E-state index >= 15 is 0 Å². The van der Waals surface area contributed by atoms with Gasteiger partial charge in [0.15, 0.2) is 0 Å². The van der Waals surface area contributed by atoms with Crippen LogP contribution in [0.25, 0.3) is 5.69 Å². The van der Waals surface area contributed by atoms with Gasteiger partial charge in [-0.3, -0.25) is 0 Å². The number of aliphatic hydroxyl groups is 1. The van der Waals surface area contributed by atoms with Crippen molar-refractivity contribution in [3.05, 3.63) is 40.7 Å². The molecule has 0 aliphatic heterocycles. The van der Waals surface area contributed by atoms with Crippen molar-refractivity contribution in [1.82, 2.24) is 15.0 Å². The molecule has 6 nitrogen and oxygen atoms in total. The van der Waals surface area contributed by atoms with Gasteiger partial charge in [0, 0.05) is 13.0 Å². The SMILES string of the molecule is COC(=O)c1ccc(-n2cc(CCO)nn2)cc1Cl. The highest BCUT2D eigenvalue weighted by atomic mass is 35.5. The van der Waals surface area contributed by atoms with Gasteiger partial charge >= 0.3 is 5.97 Å². The summed E-state index contributed by atoms with van der Waals surface area (Å²) >= 11 is 6.02. The van der Waals surface area contributed by atoms with E-state index in [1.165, 1.54) is 11.8 Å². The molecule has 0 amide bonds. The minimum atomic E-state index is -0.490. The number of hydrogen-bond acceptors (Lipinski definition) is 5. The maximum Gasteiger partial charge on any atom is 0.339 e. The number of benzene rings is 1. The summed E-state index contributed by atoms with van der Waals surface area (Å²) in [5, 5.41) is 16.9. The molecule has 0 atom stereocenters. The molecule has 1 N–H and O–H groups in total. The standard InChI is InChI=1S/C12H12ClN3O3/c1-19-12(18)10-3-2-9(6-11(10)13)16-7-8(4-5-17)14-15-16/h2-3,6-7,17H,4-5H2,1H3. The van der Waals surface area contributed by atoms with Crippen LogP contribution in [0.4, 0.5) is 0 Å². The first-order valence-electron chi connectivity index (χ1n) is 5.56. The number of hydrogen-bond donors (Lipinski definition) is 1. The van der Waals surface area contributed by atoms with Crippen molar-refractivity contribution in [2.24, 2.45) is 0 Å². The van der Waals surface area contributed by atoms with Crippen LogP contribution in [0.2, 0.25) is 5.02 Å². The van der Waals surface area contributed by atoms with Gasteiger partial charge in [-0.05, 0) is 18.2 Å². The topological polar surface area (TPSA) is 77.2 Å². The number of aromatic nitrogens is 3. The van der Waals surface area contributed by atoms with Crippen LogP contribution in [0, 0.1) is 0 Å². The molecule has 19 heavy (non-hydrogen) atoms. The Kier molecular flexibility index (Phi) is 4.13. The number of aliphatic hydroxyl groups excluding tert-OH is 1. The lowest BCUT2D eigenvalue weighted by Gasteiger charge is -2.05. The summed E-state index contributed by atoms with van der Waals surface area (Å²) in [6, 6.07) is 4.86. The van der Waals surface area contributed by atoms with Crippen LogP contribution < -0.4 is 0 Å². The average Bonchev–Trinajstić information content (AvgIpc) is 2.87.